The van der Waals surface area contributed by atoms with Crippen molar-refractivity contribution in [3.05, 3.63) is 65.0 Å². The molecular weight excluding hydrogens is 264 g/mol. The summed E-state index contributed by atoms with van der Waals surface area (Å²) in [5, 5.41) is 9.18. The number of fused-ring (bicyclic) bond motifs is 1. The van der Waals surface area contributed by atoms with Gasteiger partial charge in [-0.2, -0.15) is 0 Å². The normalized spacial score (nSPS) is 10.9. The fraction of sp³-hybridized carbons (Fsp3) is 0.176. The minimum atomic E-state index is -0.947. The highest BCUT2D eigenvalue weighted by atomic mass is 16.4. The number of carbonyl (C=O) groups is 1. The van der Waals surface area contributed by atoms with E-state index in [0.717, 1.165) is 24.2 Å². The Bertz CT molecular complexity index is 805. The Morgan fingerprint density at radius 3 is 2.71 bits per heavy atom. The van der Waals surface area contributed by atoms with Gasteiger partial charge in [-0.3, -0.25) is 0 Å². The summed E-state index contributed by atoms with van der Waals surface area (Å²) in [6.07, 6.45) is 1.65. The molecule has 21 heavy (non-hydrogen) atoms. The van der Waals surface area contributed by atoms with Gasteiger partial charge < -0.3 is 10.1 Å². The predicted octanol–water partition coefficient (Wildman–Crippen LogP) is 3.35. The molecule has 0 aliphatic heterocycles. The molecule has 0 atom stereocenters. The summed E-state index contributed by atoms with van der Waals surface area (Å²) in [5.74, 6) is -0.125. The highest BCUT2D eigenvalue weighted by Crippen LogP contribution is 2.18. The third-order valence-corrected chi connectivity index (χ3v) is 3.68. The van der Waals surface area contributed by atoms with Crippen LogP contribution in [0.1, 0.15) is 27.3 Å². The molecule has 0 spiro atoms. The molecule has 3 aromatic rings. The Kier molecular flexibility index (Phi) is 3.44. The van der Waals surface area contributed by atoms with E-state index in [4.69, 9.17) is 0 Å². The van der Waals surface area contributed by atoms with Crippen molar-refractivity contribution >= 4 is 17.0 Å². The lowest BCUT2D eigenvalue weighted by Crippen LogP contribution is -1.97. The summed E-state index contributed by atoms with van der Waals surface area (Å²) in [6.45, 7) is 2.09. The van der Waals surface area contributed by atoms with Crippen molar-refractivity contribution in [3.8, 4) is 0 Å². The maximum atomic E-state index is 11.2. The molecule has 4 heteroatoms. The average molecular weight is 280 g/mol. The third-order valence-electron chi connectivity index (χ3n) is 3.68. The Balaban J connectivity index is 1.87. The van der Waals surface area contributed by atoms with Gasteiger partial charge in [-0.1, -0.05) is 30.3 Å². The molecule has 0 radical (unpaired) electrons. The highest BCUT2D eigenvalue weighted by molar-refractivity contribution is 6.00. The highest BCUT2D eigenvalue weighted by Gasteiger charge is 2.12. The molecule has 0 unspecified atom stereocenters. The summed E-state index contributed by atoms with van der Waals surface area (Å²) in [5.41, 5.74) is 4.10. The topological polar surface area (TPSA) is 66.0 Å². The van der Waals surface area contributed by atoms with Crippen molar-refractivity contribution in [2.75, 3.05) is 0 Å². The number of rotatable bonds is 4. The smallest absolute Gasteiger partial charge is 0.337 e. The zero-order chi connectivity index (χ0) is 14.8. The zero-order valence-corrected chi connectivity index (χ0v) is 11.8. The standard InChI is InChI=1S/C17H16N2O2/c1-11-5-2-3-6-12(11)9-10-15-18-14-8-4-7-13(17(20)21)16(14)19-15/h2-8H,9-10H2,1H3,(H,18,19)(H,20,21). The molecule has 2 aromatic carbocycles. The van der Waals surface area contributed by atoms with Gasteiger partial charge in [0.15, 0.2) is 0 Å². The molecule has 1 aromatic heterocycles. The van der Waals surface area contributed by atoms with Crippen LogP contribution in [0.3, 0.4) is 0 Å². The largest absolute Gasteiger partial charge is 0.478 e. The molecule has 0 amide bonds. The van der Waals surface area contributed by atoms with E-state index in [0.29, 0.717) is 5.52 Å². The molecule has 0 aliphatic rings. The fourth-order valence-electron chi connectivity index (χ4n) is 2.52. The second kappa shape index (κ2) is 5.40. The molecule has 0 saturated carbocycles. The Labute approximate surface area is 122 Å². The number of nitrogens with one attached hydrogen (secondary N) is 1. The number of nitrogens with zero attached hydrogens (tertiary/aromatic N) is 1. The lowest BCUT2D eigenvalue weighted by atomic mass is 10.0. The number of aryl methyl sites for hydroxylation is 3. The third kappa shape index (κ3) is 2.65. The van der Waals surface area contributed by atoms with Crippen LogP contribution >= 0.6 is 0 Å². The summed E-state index contributed by atoms with van der Waals surface area (Å²) in [6, 6.07) is 13.4. The lowest BCUT2D eigenvalue weighted by Gasteiger charge is -2.03. The molecule has 4 nitrogen and oxygen atoms in total. The molecular formula is C17H16N2O2. The van der Waals surface area contributed by atoms with E-state index in [1.165, 1.54) is 11.1 Å². The number of aromatic amines is 1. The van der Waals surface area contributed by atoms with Crippen LogP contribution in [0.4, 0.5) is 0 Å². The van der Waals surface area contributed by atoms with Crippen LogP contribution < -0.4 is 0 Å². The van der Waals surface area contributed by atoms with Crippen LogP contribution in [-0.2, 0) is 12.8 Å². The van der Waals surface area contributed by atoms with Crippen molar-refractivity contribution in [2.24, 2.45) is 0 Å². The maximum absolute atomic E-state index is 11.2. The monoisotopic (exact) mass is 280 g/mol. The van der Waals surface area contributed by atoms with Gasteiger partial charge in [-0.15, -0.1) is 0 Å². The Morgan fingerprint density at radius 2 is 1.95 bits per heavy atom. The van der Waals surface area contributed by atoms with Gasteiger partial charge in [0.1, 0.15) is 11.3 Å². The van der Waals surface area contributed by atoms with Gasteiger partial charge in [0.2, 0.25) is 0 Å². The van der Waals surface area contributed by atoms with Gasteiger partial charge in [0.05, 0.1) is 11.1 Å². The zero-order valence-electron chi connectivity index (χ0n) is 11.8. The molecule has 0 bridgehead atoms. The first-order valence-electron chi connectivity index (χ1n) is 6.90. The number of aromatic nitrogens is 2. The minimum absolute atomic E-state index is 0.242. The van der Waals surface area contributed by atoms with Crippen molar-refractivity contribution in [1.82, 2.24) is 9.97 Å². The number of carboxylic acids is 1. The van der Waals surface area contributed by atoms with E-state index < -0.39 is 5.97 Å². The van der Waals surface area contributed by atoms with Crippen LogP contribution in [-0.4, -0.2) is 21.0 Å². The summed E-state index contributed by atoms with van der Waals surface area (Å²) in [4.78, 5) is 18.8. The second-order valence-electron chi connectivity index (χ2n) is 5.12. The number of hydrogen-bond acceptors (Lipinski definition) is 2. The van der Waals surface area contributed by atoms with E-state index in [1.54, 1.807) is 12.1 Å². The van der Waals surface area contributed by atoms with Crippen LogP contribution in [0.15, 0.2) is 42.5 Å². The first kappa shape index (κ1) is 13.4. The van der Waals surface area contributed by atoms with Crippen molar-refractivity contribution < 1.29 is 9.90 Å². The number of carboxylic acid groups (broad SMARTS) is 1. The number of imidazole rings is 1. The first-order valence-corrected chi connectivity index (χ1v) is 6.90. The molecule has 3 rings (SSSR count). The quantitative estimate of drug-likeness (QED) is 0.770. The van der Waals surface area contributed by atoms with Crippen LogP contribution in [0.25, 0.3) is 11.0 Å². The van der Waals surface area contributed by atoms with Crippen molar-refractivity contribution in [3.63, 3.8) is 0 Å². The molecule has 0 saturated heterocycles. The van der Waals surface area contributed by atoms with Crippen LogP contribution in [0.5, 0.6) is 0 Å². The van der Waals surface area contributed by atoms with E-state index in [-0.39, 0.29) is 5.56 Å². The second-order valence-corrected chi connectivity index (χ2v) is 5.12. The van der Waals surface area contributed by atoms with E-state index in [2.05, 4.69) is 29.0 Å². The van der Waals surface area contributed by atoms with Gasteiger partial charge in [0, 0.05) is 6.42 Å². The number of hydrogen-bond donors (Lipinski definition) is 2. The number of aromatic carboxylic acids is 1. The summed E-state index contributed by atoms with van der Waals surface area (Å²) < 4.78 is 0. The predicted molar refractivity (Wildman–Crippen MR) is 81.6 cm³/mol. The number of benzene rings is 2. The average Bonchev–Trinajstić information content (AvgIpc) is 2.88. The van der Waals surface area contributed by atoms with Gasteiger partial charge >= 0.3 is 5.97 Å². The number of para-hydroxylation sites is 1. The first-order chi connectivity index (χ1) is 10.1. The van der Waals surface area contributed by atoms with E-state index >= 15 is 0 Å². The Morgan fingerprint density at radius 1 is 1.14 bits per heavy atom. The van der Waals surface area contributed by atoms with Crippen molar-refractivity contribution in [2.45, 2.75) is 19.8 Å². The van der Waals surface area contributed by atoms with Gasteiger partial charge in [-0.25, -0.2) is 9.78 Å². The SMILES string of the molecule is Cc1ccccc1CCc1nc2c(C(=O)O)cccc2[nH]1. The fourth-order valence-corrected chi connectivity index (χ4v) is 2.52. The van der Waals surface area contributed by atoms with E-state index in [1.807, 2.05) is 18.2 Å². The summed E-state index contributed by atoms with van der Waals surface area (Å²) >= 11 is 0. The molecule has 106 valence electrons. The Hall–Kier alpha value is -2.62. The van der Waals surface area contributed by atoms with Gasteiger partial charge in [-0.05, 0) is 36.6 Å². The maximum Gasteiger partial charge on any atom is 0.337 e. The minimum Gasteiger partial charge on any atom is -0.478 e. The molecule has 0 fully saturated rings. The summed E-state index contributed by atoms with van der Waals surface area (Å²) in [7, 11) is 0. The van der Waals surface area contributed by atoms with Crippen LogP contribution in [0, 0.1) is 6.92 Å². The van der Waals surface area contributed by atoms with Crippen molar-refractivity contribution in [1.29, 1.82) is 0 Å². The molecule has 1 heterocycles. The number of H-pyrrole nitrogens is 1. The molecule has 0 aliphatic carbocycles. The van der Waals surface area contributed by atoms with E-state index in [9.17, 15) is 9.90 Å². The molecule has 2 N–H and O–H groups in total. The lowest BCUT2D eigenvalue weighted by molar-refractivity contribution is 0.0699. The van der Waals surface area contributed by atoms with Gasteiger partial charge in [0.25, 0.3) is 0 Å². The van der Waals surface area contributed by atoms with Crippen LogP contribution in [0.2, 0.25) is 0 Å².